The molecule has 0 N–H and O–H groups in total. The summed E-state index contributed by atoms with van der Waals surface area (Å²) in [7, 11) is 0. The van der Waals surface area contributed by atoms with E-state index in [0.29, 0.717) is 0 Å². The van der Waals surface area contributed by atoms with Crippen LogP contribution in [0.3, 0.4) is 0 Å². The third-order valence-electron chi connectivity index (χ3n) is 3.29. The molecule has 1 aliphatic rings. The summed E-state index contributed by atoms with van der Waals surface area (Å²) in [5.41, 5.74) is 0. The van der Waals surface area contributed by atoms with Crippen molar-refractivity contribution >= 4 is 0 Å². The van der Waals surface area contributed by atoms with Crippen LogP contribution >= 0.6 is 0 Å². The zero-order valence-electron chi connectivity index (χ0n) is 11.2. The second-order valence-corrected chi connectivity index (χ2v) is 5.08. The van der Waals surface area contributed by atoms with Crippen LogP contribution in [0.1, 0.15) is 13.3 Å². The van der Waals surface area contributed by atoms with Gasteiger partial charge in [-0.1, -0.05) is 0 Å². The second-order valence-electron chi connectivity index (χ2n) is 5.08. The predicted molar refractivity (Wildman–Crippen MR) is 49.7 cm³/mol. The lowest BCUT2D eigenvalue weighted by Crippen LogP contribution is -2.70. The maximum Gasteiger partial charge on any atom is 0.460 e. The molecule has 0 radical (unpaired) electrons. The Labute approximate surface area is 124 Å². The van der Waals surface area contributed by atoms with Crippen molar-refractivity contribution in [2.45, 2.75) is 61.3 Å². The average Bonchev–Trinajstić information content (AvgIpc) is 3.01. The van der Waals surface area contributed by atoms with Crippen LogP contribution in [0.15, 0.2) is 0 Å². The molecule has 2 unspecified atom stereocenters. The summed E-state index contributed by atoms with van der Waals surface area (Å²) in [6, 6.07) is 0. The molecule has 0 aromatic heterocycles. The van der Waals surface area contributed by atoms with Gasteiger partial charge in [0.05, 0.1) is 12.2 Å². The van der Waals surface area contributed by atoms with Gasteiger partial charge in [-0.3, -0.25) is 0 Å². The molecule has 0 bridgehead atoms. The molecule has 24 heavy (non-hydrogen) atoms. The smallest absolute Gasteiger partial charge is 0.370 e. The number of hydrogen-bond donors (Lipinski definition) is 0. The molecule has 1 nitrogen and oxygen atoms in total. The maximum atomic E-state index is 13.2. The van der Waals surface area contributed by atoms with Gasteiger partial charge >= 0.3 is 35.8 Å². The molecule has 1 heterocycles. The predicted octanol–water partition coefficient (Wildman–Crippen LogP) is 4.90. The van der Waals surface area contributed by atoms with Crippen molar-refractivity contribution in [2.24, 2.45) is 0 Å². The van der Waals surface area contributed by atoms with Gasteiger partial charge in [-0.05, 0) is 6.92 Å². The monoisotopic (exact) mass is 390 g/mol. The van der Waals surface area contributed by atoms with Crippen LogP contribution in [0.4, 0.5) is 57.1 Å². The summed E-state index contributed by atoms with van der Waals surface area (Å²) in [4.78, 5) is 0. The van der Waals surface area contributed by atoms with Crippen molar-refractivity contribution in [2.75, 3.05) is 0 Å². The standard InChI is InChI=1S/C10H7F13O/c1-3-4(24-3)2-5(11,12)6(13,14)7(15,16)8(17,18)9(19,20)10(21,22)23/h3-4H,2H2,1H3. The number of alkyl halides is 13. The van der Waals surface area contributed by atoms with Crippen LogP contribution in [0.25, 0.3) is 0 Å². The molecular weight excluding hydrogens is 383 g/mol. The summed E-state index contributed by atoms with van der Waals surface area (Å²) in [5.74, 6) is -36.5. The first-order valence-corrected chi connectivity index (χ1v) is 5.85. The van der Waals surface area contributed by atoms with E-state index in [4.69, 9.17) is 0 Å². The van der Waals surface area contributed by atoms with Gasteiger partial charge in [0.2, 0.25) is 0 Å². The van der Waals surface area contributed by atoms with Crippen molar-refractivity contribution in [3.8, 4) is 0 Å². The summed E-state index contributed by atoms with van der Waals surface area (Å²) in [6.07, 6.45) is -12.6. The number of ether oxygens (including phenoxy) is 1. The fourth-order valence-electron chi connectivity index (χ4n) is 1.63. The highest BCUT2D eigenvalue weighted by atomic mass is 19.4. The molecule has 0 spiro atoms. The van der Waals surface area contributed by atoms with Gasteiger partial charge in [-0.15, -0.1) is 0 Å². The molecule has 0 aromatic carbocycles. The molecule has 1 fully saturated rings. The molecule has 0 saturated carbocycles. The van der Waals surface area contributed by atoms with E-state index in [1.165, 1.54) is 0 Å². The van der Waals surface area contributed by atoms with Crippen LogP contribution in [0.2, 0.25) is 0 Å². The van der Waals surface area contributed by atoms with Gasteiger partial charge < -0.3 is 4.74 Å². The minimum atomic E-state index is -7.85. The highest BCUT2D eigenvalue weighted by Gasteiger charge is 2.90. The first kappa shape index (κ1) is 21.1. The Morgan fingerprint density at radius 3 is 1.25 bits per heavy atom. The van der Waals surface area contributed by atoms with Gasteiger partial charge in [0.15, 0.2) is 0 Å². The normalized spacial score (nSPS) is 24.2. The van der Waals surface area contributed by atoms with Crippen LogP contribution in [0, 0.1) is 0 Å². The Bertz CT molecular complexity index is 480. The van der Waals surface area contributed by atoms with Crippen LogP contribution in [-0.2, 0) is 4.74 Å². The van der Waals surface area contributed by atoms with Gasteiger partial charge in [0.1, 0.15) is 0 Å². The van der Waals surface area contributed by atoms with E-state index in [2.05, 4.69) is 4.74 Å². The van der Waals surface area contributed by atoms with Crippen molar-refractivity contribution in [3.05, 3.63) is 0 Å². The zero-order chi connectivity index (χ0) is 19.6. The van der Waals surface area contributed by atoms with Gasteiger partial charge in [0, 0.05) is 6.42 Å². The molecular formula is C10H7F13O. The molecule has 144 valence electrons. The Balaban J connectivity index is 3.28. The molecule has 1 rings (SSSR count). The highest BCUT2D eigenvalue weighted by Crippen LogP contribution is 2.61. The van der Waals surface area contributed by atoms with Crippen molar-refractivity contribution in [1.82, 2.24) is 0 Å². The summed E-state index contributed by atoms with van der Waals surface area (Å²) in [5, 5.41) is 0. The number of halogens is 13. The van der Waals surface area contributed by atoms with Crippen LogP contribution in [0.5, 0.6) is 0 Å². The van der Waals surface area contributed by atoms with Crippen LogP contribution < -0.4 is 0 Å². The van der Waals surface area contributed by atoms with E-state index in [9.17, 15) is 57.1 Å². The molecule has 14 heteroatoms. The maximum absolute atomic E-state index is 13.2. The minimum Gasteiger partial charge on any atom is -0.370 e. The van der Waals surface area contributed by atoms with Crippen LogP contribution in [-0.4, -0.2) is 48.0 Å². The average molecular weight is 390 g/mol. The van der Waals surface area contributed by atoms with E-state index in [0.717, 1.165) is 6.92 Å². The number of epoxide rings is 1. The molecule has 1 aliphatic heterocycles. The van der Waals surface area contributed by atoms with Crippen molar-refractivity contribution in [3.63, 3.8) is 0 Å². The number of rotatable bonds is 6. The first-order valence-electron chi connectivity index (χ1n) is 5.85. The van der Waals surface area contributed by atoms with Gasteiger partial charge in [0.25, 0.3) is 0 Å². The minimum absolute atomic E-state index is 1.02. The van der Waals surface area contributed by atoms with E-state index >= 15 is 0 Å². The van der Waals surface area contributed by atoms with Gasteiger partial charge in [-0.2, -0.15) is 57.1 Å². The lowest BCUT2D eigenvalue weighted by atomic mass is 9.91. The Kier molecular flexibility index (Phi) is 4.63. The third kappa shape index (κ3) is 2.79. The summed E-state index contributed by atoms with van der Waals surface area (Å²) in [6.45, 7) is 1.02. The SMILES string of the molecule is CC1OC1CC(F)(F)C(F)(F)C(F)(F)C(F)(F)C(F)(F)C(F)(F)F. The molecule has 0 amide bonds. The second kappa shape index (κ2) is 5.27. The molecule has 2 atom stereocenters. The lowest BCUT2D eigenvalue weighted by molar-refractivity contribution is -0.440. The Hall–Kier alpha value is -0.950. The van der Waals surface area contributed by atoms with Crippen molar-refractivity contribution in [1.29, 1.82) is 0 Å². The quantitative estimate of drug-likeness (QED) is 0.464. The first-order chi connectivity index (χ1) is 10.2. The largest absolute Gasteiger partial charge is 0.460 e. The fraction of sp³-hybridized carbons (Fsp3) is 1.00. The Morgan fingerprint density at radius 1 is 0.625 bits per heavy atom. The van der Waals surface area contributed by atoms with E-state index in [1.807, 2.05) is 0 Å². The summed E-state index contributed by atoms with van der Waals surface area (Å²) < 4.78 is 169. The van der Waals surface area contributed by atoms with E-state index < -0.39 is 54.4 Å². The van der Waals surface area contributed by atoms with Crippen molar-refractivity contribution < 1.29 is 61.8 Å². The van der Waals surface area contributed by atoms with E-state index in [-0.39, 0.29) is 0 Å². The number of hydrogen-bond acceptors (Lipinski definition) is 1. The zero-order valence-corrected chi connectivity index (χ0v) is 11.2. The molecule has 0 aliphatic carbocycles. The Morgan fingerprint density at radius 2 is 0.958 bits per heavy atom. The van der Waals surface area contributed by atoms with E-state index in [1.54, 1.807) is 0 Å². The fourth-order valence-corrected chi connectivity index (χ4v) is 1.63. The lowest BCUT2D eigenvalue weighted by Gasteiger charge is -2.39. The third-order valence-corrected chi connectivity index (χ3v) is 3.29. The summed E-state index contributed by atoms with van der Waals surface area (Å²) >= 11 is 0. The topological polar surface area (TPSA) is 12.5 Å². The molecule has 0 aromatic rings. The molecule has 1 saturated heterocycles. The van der Waals surface area contributed by atoms with Gasteiger partial charge in [-0.25, -0.2) is 0 Å². The highest BCUT2D eigenvalue weighted by molar-refractivity contribution is 5.11.